The van der Waals surface area contributed by atoms with Crippen molar-refractivity contribution < 1.29 is 9.59 Å². The van der Waals surface area contributed by atoms with Crippen LogP contribution in [-0.4, -0.2) is 28.3 Å². The Kier molecular flexibility index (Phi) is 4.50. The van der Waals surface area contributed by atoms with Crippen molar-refractivity contribution in [2.45, 2.75) is 25.8 Å². The fourth-order valence-electron chi connectivity index (χ4n) is 2.77. The third-order valence-corrected chi connectivity index (χ3v) is 4.06. The summed E-state index contributed by atoms with van der Waals surface area (Å²) < 4.78 is 1.74. The number of urea groups is 1. The second-order valence-corrected chi connectivity index (χ2v) is 6.04. The predicted molar refractivity (Wildman–Crippen MR) is 90.6 cm³/mol. The minimum atomic E-state index is -0.207. The van der Waals surface area contributed by atoms with E-state index in [-0.39, 0.29) is 18.0 Å². The van der Waals surface area contributed by atoms with Gasteiger partial charge in [-0.25, -0.2) is 4.79 Å². The standard InChI is InChI=1S/C17H21N5O2/c1-11(13-3-4-15-14(7-13)8-16(23)21-15)20-17(24)18-6-5-12-9-19-22(2)10-12/h3-4,7,9-11H,5-6,8H2,1-2H3,(H,21,23)(H2,18,20,24). The van der Waals surface area contributed by atoms with Gasteiger partial charge in [-0.05, 0) is 36.1 Å². The van der Waals surface area contributed by atoms with Gasteiger partial charge in [-0.1, -0.05) is 12.1 Å². The van der Waals surface area contributed by atoms with E-state index in [4.69, 9.17) is 0 Å². The van der Waals surface area contributed by atoms with Crippen molar-refractivity contribution in [2.24, 2.45) is 7.05 Å². The van der Waals surface area contributed by atoms with Crippen LogP contribution in [0.3, 0.4) is 0 Å². The van der Waals surface area contributed by atoms with E-state index in [0.717, 1.165) is 28.8 Å². The molecule has 3 rings (SSSR count). The van der Waals surface area contributed by atoms with Crippen molar-refractivity contribution in [3.8, 4) is 0 Å². The molecule has 0 saturated heterocycles. The highest BCUT2D eigenvalue weighted by molar-refractivity contribution is 5.99. The first-order chi connectivity index (χ1) is 11.5. The highest BCUT2D eigenvalue weighted by Gasteiger charge is 2.19. The van der Waals surface area contributed by atoms with Gasteiger partial charge < -0.3 is 16.0 Å². The first-order valence-electron chi connectivity index (χ1n) is 7.96. The van der Waals surface area contributed by atoms with Gasteiger partial charge in [-0.3, -0.25) is 9.48 Å². The number of anilines is 1. The van der Waals surface area contributed by atoms with E-state index in [2.05, 4.69) is 21.0 Å². The van der Waals surface area contributed by atoms with Gasteiger partial charge in [0, 0.05) is 25.5 Å². The van der Waals surface area contributed by atoms with E-state index in [1.807, 2.05) is 38.4 Å². The van der Waals surface area contributed by atoms with Gasteiger partial charge in [0.15, 0.2) is 0 Å². The maximum absolute atomic E-state index is 12.0. The van der Waals surface area contributed by atoms with E-state index in [0.29, 0.717) is 13.0 Å². The molecule has 0 radical (unpaired) electrons. The fourth-order valence-corrected chi connectivity index (χ4v) is 2.77. The third kappa shape index (κ3) is 3.73. The van der Waals surface area contributed by atoms with E-state index >= 15 is 0 Å². The SMILES string of the molecule is CC(NC(=O)NCCc1cnn(C)c1)c1ccc2c(c1)CC(=O)N2. The Balaban J connectivity index is 1.49. The first kappa shape index (κ1) is 16.0. The van der Waals surface area contributed by atoms with E-state index < -0.39 is 0 Å². The number of aromatic nitrogens is 2. The lowest BCUT2D eigenvalue weighted by molar-refractivity contribution is -0.115. The van der Waals surface area contributed by atoms with Crippen LogP contribution in [0.1, 0.15) is 29.7 Å². The molecule has 24 heavy (non-hydrogen) atoms. The van der Waals surface area contributed by atoms with Crippen LogP contribution in [0.4, 0.5) is 10.5 Å². The van der Waals surface area contributed by atoms with Crippen LogP contribution in [0, 0.1) is 0 Å². The van der Waals surface area contributed by atoms with Gasteiger partial charge in [0.2, 0.25) is 5.91 Å². The lowest BCUT2D eigenvalue weighted by atomic mass is 10.0. The number of amides is 3. The van der Waals surface area contributed by atoms with Crippen molar-refractivity contribution in [1.29, 1.82) is 0 Å². The molecule has 0 saturated carbocycles. The Morgan fingerprint density at radius 2 is 2.29 bits per heavy atom. The smallest absolute Gasteiger partial charge is 0.315 e. The maximum Gasteiger partial charge on any atom is 0.315 e. The molecule has 2 aromatic rings. The molecule has 7 heteroatoms. The maximum atomic E-state index is 12.0. The minimum absolute atomic E-state index is 0.0101. The molecule has 126 valence electrons. The molecule has 0 spiro atoms. The van der Waals surface area contributed by atoms with Crippen LogP contribution in [0.2, 0.25) is 0 Å². The summed E-state index contributed by atoms with van der Waals surface area (Å²) in [6.07, 6.45) is 4.86. The molecule has 1 unspecified atom stereocenters. The molecule has 0 fully saturated rings. The first-order valence-corrected chi connectivity index (χ1v) is 7.96. The monoisotopic (exact) mass is 327 g/mol. The summed E-state index contributed by atoms with van der Waals surface area (Å²) in [5.41, 5.74) is 3.90. The number of hydrogen-bond acceptors (Lipinski definition) is 3. The fraction of sp³-hybridized carbons (Fsp3) is 0.353. The molecular formula is C17H21N5O2. The number of fused-ring (bicyclic) bond motifs is 1. The topological polar surface area (TPSA) is 88.1 Å². The molecule has 0 bridgehead atoms. The van der Waals surface area contributed by atoms with Crippen LogP contribution < -0.4 is 16.0 Å². The third-order valence-electron chi connectivity index (χ3n) is 4.06. The highest BCUT2D eigenvalue weighted by atomic mass is 16.2. The van der Waals surface area contributed by atoms with Crippen molar-refractivity contribution in [3.63, 3.8) is 0 Å². The zero-order valence-corrected chi connectivity index (χ0v) is 13.8. The Morgan fingerprint density at radius 3 is 3.04 bits per heavy atom. The molecule has 3 amide bonds. The summed E-state index contributed by atoms with van der Waals surface area (Å²) >= 11 is 0. The largest absolute Gasteiger partial charge is 0.338 e. The van der Waals surface area contributed by atoms with Gasteiger partial charge in [-0.15, -0.1) is 0 Å². The second kappa shape index (κ2) is 6.74. The van der Waals surface area contributed by atoms with Crippen molar-refractivity contribution >= 4 is 17.6 Å². The van der Waals surface area contributed by atoms with E-state index in [1.165, 1.54) is 0 Å². The summed E-state index contributed by atoms with van der Waals surface area (Å²) in [4.78, 5) is 23.4. The van der Waals surface area contributed by atoms with Crippen LogP contribution in [0.5, 0.6) is 0 Å². The van der Waals surface area contributed by atoms with Gasteiger partial charge in [0.05, 0.1) is 18.7 Å². The van der Waals surface area contributed by atoms with Crippen LogP contribution in [0.15, 0.2) is 30.6 Å². The van der Waals surface area contributed by atoms with Gasteiger partial charge >= 0.3 is 6.03 Å². The Labute approximate surface area is 140 Å². The summed E-state index contributed by atoms with van der Waals surface area (Å²) in [7, 11) is 1.87. The normalized spacial score (nSPS) is 14.0. The quantitative estimate of drug-likeness (QED) is 0.778. The Hall–Kier alpha value is -2.83. The number of nitrogens with zero attached hydrogens (tertiary/aromatic N) is 2. The summed E-state index contributed by atoms with van der Waals surface area (Å²) in [6.45, 7) is 2.47. The van der Waals surface area contributed by atoms with Crippen molar-refractivity contribution in [3.05, 3.63) is 47.3 Å². The number of rotatable bonds is 5. The molecule has 1 aliphatic rings. The summed E-state index contributed by atoms with van der Waals surface area (Å²) in [5.74, 6) is 0.0101. The number of nitrogens with one attached hydrogen (secondary N) is 3. The number of aryl methyl sites for hydroxylation is 1. The zero-order valence-electron chi connectivity index (χ0n) is 13.8. The average Bonchev–Trinajstić information content (AvgIpc) is 3.10. The Bertz CT molecular complexity index is 768. The van der Waals surface area contributed by atoms with Crippen molar-refractivity contribution in [2.75, 3.05) is 11.9 Å². The lowest BCUT2D eigenvalue weighted by Crippen LogP contribution is -2.38. The number of benzene rings is 1. The molecule has 1 aromatic heterocycles. The van der Waals surface area contributed by atoms with Gasteiger partial charge in [0.25, 0.3) is 0 Å². The molecule has 3 N–H and O–H groups in total. The van der Waals surface area contributed by atoms with Crippen LogP contribution in [-0.2, 0) is 24.7 Å². The molecule has 1 aliphatic heterocycles. The van der Waals surface area contributed by atoms with Gasteiger partial charge in [-0.2, -0.15) is 5.10 Å². The highest BCUT2D eigenvalue weighted by Crippen LogP contribution is 2.26. The minimum Gasteiger partial charge on any atom is -0.338 e. The predicted octanol–water partition coefficient (Wildman–Crippen LogP) is 1.52. The average molecular weight is 327 g/mol. The molecule has 2 heterocycles. The summed E-state index contributed by atoms with van der Waals surface area (Å²) in [5, 5.41) is 12.7. The number of carbonyl (C=O) groups excluding carboxylic acids is 2. The van der Waals surface area contributed by atoms with E-state index in [1.54, 1.807) is 10.9 Å². The van der Waals surface area contributed by atoms with Crippen molar-refractivity contribution in [1.82, 2.24) is 20.4 Å². The number of carbonyl (C=O) groups is 2. The second-order valence-electron chi connectivity index (χ2n) is 6.04. The summed E-state index contributed by atoms with van der Waals surface area (Å²) in [6, 6.07) is 5.43. The molecule has 1 aromatic carbocycles. The number of hydrogen-bond donors (Lipinski definition) is 3. The zero-order chi connectivity index (χ0) is 17.1. The van der Waals surface area contributed by atoms with Crippen LogP contribution >= 0.6 is 0 Å². The molecule has 1 atom stereocenters. The van der Waals surface area contributed by atoms with E-state index in [9.17, 15) is 9.59 Å². The molecule has 0 aliphatic carbocycles. The lowest BCUT2D eigenvalue weighted by Gasteiger charge is -2.16. The van der Waals surface area contributed by atoms with Crippen LogP contribution in [0.25, 0.3) is 0 Å². The molecule has 7 nitrogen and oxygen atoms in total. The Morgan fingerprint density at radius 1 is 1.46 bits per heavy atom. The van der Waals surface area contributed by atoms with Gasteiger partial charge in [0.1, 0.15) is 0 Å². The molecular weight excluding hydrogens is 306 g/mol.